The van der Waals surface area contributed by atoms with Crippen molar-refractivity contribution >= 4 is 11.4 Å². The number of fused-ring (bicyclic) bond motifs is 1. The lowest BCUT2D eigenvalue weighted by Gasteiger charge is -2.25. The third-order valence-corrected chi connectivity index (χ3v) is 5.04. The summed E-state index contributed by atoms with van der Waals surface area (Å²) in [5.74, 6) is -0.00642. The third kappa shape index (κ3) is 5.17. The first-order valence-corrected chi connectivity index (χ1v) is 10.3. The molecule has 1 aliphatic rings. The molecule has 1 N–H and O–H groups in total. The van der Waals surface area contributed by atoms with Crippen molar-refractivity contribution in [1.82, 2.24) is 19.7 Å². The van der Waals surface area contributed by atoms with E-state index in [1.165, 1.54) is 26.4 Å². The minimum Gasteiger partial charge on any atom is -0.478 e. The fourth-order valence-corrected chi connectivity index (χ4v) is 3.55. The molecule has 2 aromatic heterocycles. The Morgan fingerprint density at radius 3 is 2.72 bits per heavy atom. The van der Waals surface area contributed by atoms with E-state index in [-0.39, 0.29) is 23.7 Å². The van der Waals surface area contributed by atoms with Crippen molar-refractivity contribution in [2.24, 2.45) is 0 Å². The number of methoxy groups -OCH3 is 1. The molecule has 0 fully saturated rings. The second kappa shape index (κ2) is 9.97. The molecular formula is C22H25F4N5O. The van der Waals surface area contributed by atoms with Gasteiger partial charge in [0.15, 0.2) is 5.82 Å². The molecule has 0 radical (unpaired) electrons. The van der Waals surface area contributed by atoms with Gasteiger partial charge in [0.2, 0.25) is 0 Å². The molecule has 2 aromatic rings. The summed E-state index contributed by atoms with van der Waals surface area (Å²) >= 11 is 0. The Labute approximate surface area is 183 Å². The van der Waals surface area contributed by atoms with Gasteiger partial charge in [0.25, 0.3) is 5.88 Å². The van der Waals surface area contributed by atoms with E-state index in [2.05, 4.69) is 20.4 Å². The van der Waals surface area contributed by atoms with Gasteiger partial charge in [0.05, 0.1) is 30.1 Å². The summed E-state index contributed by atoms with van der Waals surface area (Å²) in [5.41, 5.74) is -0.248. The van der Waals surface area contributed by atoms with E-state index in [1.807, 2.05) is 0 Å². The third-order valence-electron chi connectivity index (χ3n) is 5.04. The molecule has 10 heteroatoms. The number of anilines is 1. The van der Waals surface area contributed by atoms with Crippen LogP contribution in [0.2, 0.25) is 0 Å². The lowest BCUT2D eigenvalue weighted by atomic mass is 10.0. The van der Waals surface area contributed by atoms with E-state index in [4.69, 9.17) is 4.74 Å². The molecular weight excluding hydrogens is 426 g/mol. The van der Waals surface area contributed by atoms with Gasteiger partial charge in [0.1, 0.15) is 5.83 Å². The van der Waals surface area contributed by atoms with Crippen molar-refractivity contribution in [2.75, 3.05) is 12.4 Å². The van der Waals surface area contributed by atoms with Crippen LogP contribution in [-0.4, -0.2) is 33.0 Å². The van der Waals surface area contributed by atoms with Crippen molar-refractivity contribution in [2.45, 2.75) is 51.9 Å². The van der Waals surface area contributed by atoms with E-state index in [9.17, 15) is 17.6 Å². The van der Waals surface area contributed by atoms with Gasteiger partial charge in [-0.2, -0.15) is 18.3 Å². The number of aromatic nitrogens is 4. The van der Waals surface area contributed by atoms with Crippen LogP contribution in [0.1, 0.15) is 50.5 Å². The van der Waals surface area contributed by atoms with Crippen molar-refractivity contribution in [3.63, 3.8) is 0 Å². The molecule has 1 aliphatic heterocycles. The van der Waals surface area contributed by atoms with Crippen LogP contribution in [0.25, 0.3) is 5.57 Å². The molecule has 6 nitrogen and oxygen atoms in total. The second-order valence-corrected chi connectivity index (χ2v) is 7.19. The lowest BCUT2D eigenvalue weighted by molar-refractivity contribution is -0.0883. The van der Waals surface area contributed by atoms with Crippen LogP contribution in [0.4, 0.5) is 23.4 Å². The average molecular weight is 451 g/mol. The highest BCUT2D eigenvalue weighted by Gasteiger charge is 2.33. The number of hydrogen-bond donors (Lipinski definition) is 1. The minimum atomic E-state index is -4.60. The highest BCUT2D eigenvalue weighted by molar-refractivity contribution is 5.77. The quantitative estimate of drug-likeness (QED) is 0.427. The molecule has 0 aliphatic carbocycles. The Hall–Kier alpha value is -3.17. The Balaban J connectivity index is 2.02. The summed E-state index contributed by atoms with van der Waals surface area (Å²) in [4.78, 5) is 8.36. The van der Waals surface area contributed by atoms with E-state index in [0.717, 1.165) is 36.8 Å². The number of aryl methyl sites for hydroxylation is 1. The molecule has 172 valence electrons. The fourth-order valence-electron chi connectivity index (χ4n) is 3.55. The fraction of sp³-hybridized carbons (Fsp3) is 0.409. The molecule has 32 heavy (non-hydrogen) atoms. The molecule has 3 heterocycles. The number of hydrogen-bond acceptors (Lipinski definition) is 5. The number of nitrogens with zero attached hydrogens (tertiary/aromatic N) is 4. The summed E-state index contributed by atoms with van der Waals surface area (Å²) in [6.45, 7) is 3.60. The Bertz CT molecular complexity index is 1040. The van der Waals surface area contributed by atoms with Gasteiger partial charge in [-0.1, -0.05) is 19.1 Å². The van der Waals surface area contributed by atoms with Gasteiger partial charge in [-0.05, 0) is 38.3 Å². The van der Waals surface area contributed by atoms with Crippen molar-refractivity contribution in [3.8, 4) is 5.88 Å². The maximum atomic E-state index is 14.7. The van der Waals surface area contributed by atoms with Crippen LogP contribution in [0, 0.1) is 0 Å². The normalized spacial score (nSPS) is 17.8. The summed E-state index contributed by atoms with van der Waals surface area (Å²) < 4.78 is 61.9. The smallest absolute Gasteiger partial charge is 0.416 e. The molecule has 0 saturated carbocycles. The van der Waals surface area contributed by atoms with Gasteiger partial charge in [-0.3, -0.25) is 4.68 Å². The topological polar surface area (TPSA) is 64.9 Å². The predicted molar refractivity (Wildman–Crippen MR) is 114 cm³/mol. The summed E-state index contributed by atoms with van der Waals surface area (Å²) in [5, 5.41) is 7.67. The van der Waals surface area contributed by atoms with Gasteiger partial charge in [-0.25, -0.2) is 14.4 Å². The predicted octanol–water partition coefficient (Wildman–Crippen LogP) is 5.78. The number of allylic oxidation sites excluding steroid dienone is 6. The molecule has 1 unspecified atom stereocenters. The second-order valence-electron chi connectivity index (χ2n) is 7.19. The highest BCUT2D eigenvalue weighted by atomic mass is 19.4. The zero-order valence-corrected chi connectivity index (χ0v) is 18.1. The first-order valence-electron chi connectivity index (χ1n) is 10.3. The van der Waals surface area contributed by atoms with Crippen LogP contribution in [-0.2, 0) is 6.54 Å². The Morgan fingerprint density at radius 2 is 2.06 bits per heavy atom. The number of rotatable bonds is 7. The summed E-state index contributed by atoms with van der Waals surface area (Å²) in [6, 6.07) is 1.38. The van der Waals surface area contributed by atoms with Gasteiger partial charge in [-0.15, -0.1) is 0 Å². The monoisotopic (exact) mass is 451 g/mol. The van der Waals surface area contributed by atoms with E-state index < -0.39 is 17.6 Å². The van der Waals surface area contributed by atoms with E-state index >= 15 is 0 Å². The number of ether oxygens (including phenoxy) is 1. The Kier molecular flexibility index (Phi) is 7.32. The molecule has 0 saturated heterocycles. The molecule has 1 atom stereocenters. The summed E-state index contributed by atoms with van der Waals surface area (Å²) in [6.07, 6.45) is 3.10. The number of alkyl halides is 3. The summed E-state index contributed by atoms with van der Waals surface area (Å²) in [7, 11) is 1.48. The standard InChI is InChI=1S/C22H25F4N5O/c1-4-7-14(22(24,25)26)12-15(16(23)5-2)18-13-19-17(8-6-11-31(19)30-18)29-20-21(32-3)28-10-9-27-20/h5,7,9-10,12-13,17H,4,6,8,11H2,1-3H3,(H,27,29)/b14-7-,15-12+,16-5+. The van der Waals surface area contributed by atoms with Gasteiger partial charge < -0.3 is 10.1 Å². The van der Waals surface area contributed by atoms with E-state index in [1.54, 1.807) is 17.7 Å². The molecule has 3 rings (SSSR count). The molecule has 0 aromatic carbocycles. The number of halogens is 4. The van der Waals surface area contributed by atoms with Crippen LogP contribution in [0.5, 0.6) is 5.88 Å². The average Bonchev–Trinajstić information content (AvgIpc) is 3.20. The van der Waals surface area contributed by atoms with Crippen LogP contribution < -0.4 is 10.1 Å². The highest BCUT2D eigenvalue weighted by Crippen LogP contribution is 2.36. The maximum absolute atomic E-state index is 14.7. The SMILES string of the molecule is C\C=C(F)/C(=C\C(=C\CC)C(F)(F)F)c1cc2n(n1)CCCC2Nc1nccnc1OC. The molecule has 0 spiro atoms. The van der Waals surface area contributed by atoms with Crippen LogP contribution >= 0.6 is 0 Å². The van der Waals surface area contributed by atoms with Crippen LogP contribution in [0.3, 0.4) is 0 Å². The molecule has 0 amide bonds. The van der Waals surface area contributed by atoms with Crippen molar-refractivity contribution in [1.29, 1.82) is 0 Å². The number of nitrogens with one attached hydrogen (secondary N) is 1. The Morgan fingerprint density at radius 1 is 1.31 bits per heavy atom. The first-order chi connectivity index (χ1) is 15.3. The maximum Gasteiger partial charge on any atom is 0.416 e. The zero-order valence-electron chi connectivity index (χ0n) is 18.1. The van der Waals surface area contributed by atoms with Gasteiger partial charge >= 0.3 is 6.18 Å². The lowest BCUT2D eigenvalue weighted by Crippen LogP contribution is -2.22. The van der Waals surface area contributed by atoms with Crippen molar-refractivity contribution in [3.05, 3.63) is 59.5 Å². The van der Waals surface area contributed by atoms with Gasteiger partial charge in [0, 0.05) is 24.5 Å². The van der Waals surface area contributed by atoms with Crippen molar-refractivity contribution < 1.29 is 22.3 Å². The largest absolute Gasteiger partial charge is 0.478 e. The minimum absolute atomic E-state index is 0.140. The zero-order chi connectivity index (χ0) is 23.3. The van der Waals surface area contributed by atoms with E-state index in [0.29, 0.717) is 18.2 Å². The first kappa shape index (κ1) is 23.5. The van der Waals surface area contributed by atoms with Crippen LogP contribution in [0.15, 0.2) is 48.1 Å². The molecule has 0 bridgehead atoms.